The first-order valence-corrected chi connectivity index (χ1v) is 7.36. The number of hydrogen-bond acceptors (Lipinski definition) is 4. The molecule has 2 rings (SSSR count). The van der Waals surface area contributed by atoms with Gasteiger partial charge in [0, 0.05) is 11.7 Å². The Hall–Kier alpha value is -1.40. The van der Waals surface area contributed by atoms with E-state index >= 15 is 0 Å². The van der Waals surface area contributed by atoms with Crippen molar-refractivity contribution < 1.29 is 18.3 Å². The van der Waals surface area contributed by atoms with Crippen LogP contribution in [0.2, 0.25) is 0 Å². The quantitative estimate of drug-likeness (QED) is 0.823. The van der Waals surface area contributed by atoms with E-state index in [-0.39, 0.29) is 5.75 Å². The Kier molecular flexibility index (Phi) is 2.95. The van der Waals surface area contributed by atoms with Gasteiger partial charge in [0.1, 0.15) is 5.54 Å². The van der Waals surface area contributed by atoms with Gasteiger partial charge in [0.05, 0.1) is 5.25 Å². The molecule has 0 aliphatic heterocycles. The number of rotatable bonds is 4. The van der Waals surface area contributed by atoms with Crippen molar-refractivity contribution in [2.75, 3.05) is 5.75 Å². The fourth-order valence-corrected chi connectivity index (χ4v) is 4.34. The largest absolute Gasteiger partial charge is 0.480 e. The highest BCUT2D eigenvalue weighted by Gasteiger charge is 2.73. The summed E-state index contributed by atoms with van der Waals surface area (Å²) in [5, 5.41) is 8.15. The van der Waals surface area contributed by atoms with Crippen LogP contribution in [0.4, 0.5) is 0 Å². The molecule has 1 saturated carbocycles. The second-order valence-corrected chi connectivity index (χ2v) is 6.91. The summed E-state index contributed by atoms with van der Waals surface area (Å²) in [4.78, 5) is 11.3. The molecule has 0 bridgehead atoms. The molecular weight excluding hydrogens is 254 g/mol. The van der Waals surface area contributed by atoms with Crippen LogP contribution in [-0.2, 0) is 14.6 Å². The zero-order valence-corrected chi connectivity index (χ0v) is 10.7. The monoisotopic (exact) mass is 269 g/mol. The predicted molar refractivity (Wildman–Crippen MR) is 67.0 cm³/mol. The molecule has 1 aromatic rings. The lowest BCUT2D eigenvalue weighted by Crippen LogP contribution is -2.40. The molecule has 0 aromatic heterocycles. The Bertz CT molecular complexity index is 569. The summed E-state index contributed by atoms with van der Waals surface area (Å²) in [7, 11) is -3.48. The second kappa shape index (κ2) is 4.07. The van der Waals surface area contributed by atoms with E-state index in [1.807, 2.05) is 0 Å². The standard InChI is InChI=1S/C12H15NO4S/c1-2-18(16,17)10-9(12(10,13)11(14)15)8-6-4-3-5-7-8/h3-7,9-10H,2,13H2,1H3,(H,14,15)/t9-,10+,12-/m0/s1. The van der Waals surface area contributed by atoms with Crippen LogP contribution in [-0.4, -0.2) is 36.0 Å². The topological polar surface area (TPSA) is 97.5 Å². The van der Waals surface area contributed by atoms with Gasteiger partial charge in [-0.25, -0.2) is 8.42 Å². The van der Waals surface area contributed by atoms with Crippen molar-refractivity contribution in [1.82, 2.24) is 0 Å². The summed E-state index contributed by atoms with van der Waals surface area (Å²) in [5.74, 6) is -2.03. The molecule has 6 heteroatoms. The fraction of sp³-hybridized carbons (Fsp3) is 0.417. The summed E-state index contributed by atoms with van der Waals surface area (Å²) in [6.07, 6.45) is 0. The Morgan fingerprint density at radius 2 is 1.94 bits per heavy atom. The fourth-order valence-electron chi connectivity index (χ4n) is 2.42. The van der Waals surface area contributed by atoms with Gasteiger partial charge < -0.3 is 10.8 Å². The number of sulfone groups is 1. The maximum absolute atomic E-state index is 11.9. The van der Waals surface area contributed by atoms with Crippen LogP contribution in [0.5, 0.6) is 0 Å². The van der Waals surface area contributed by atoms with E-state index in [1.54, 1.807) is 30.3 Å². The predicted octanol–water partition coefficient (Wildman–Crippen LogP) is 0.369. The van der Waals surface area contributed by atoms with Gasteiger partial charge in [-0.15, -0.1) is 0 Å². The third-order valence-electron chi connectivity index (χ3n) is 3.50. The molecular formula is C12H15NO4S. The summed E-state index contributed by atoms with van der Waals surface area (Å²) in [5.41, 5.74) is 4.75. The highest BCUT2D eigenvalue weighted by Crippen LogP contribution is 2.54. The first-order chi connectivity index (χ1) is 8.35. The summed E-state index contributed by atoms with van der Waals surface area (Å²) >= 11 is 0. The average Bonchev–Trinajstić information content (AvgIpc) is 3.00. The first kappa shape index (κ1) is 13.0. The number of carboxylic acids is 1. The van der Waals surface area contributed by atoms with Crippen LogP contribution in [0.25, 0.3) is 0 Å². The maximum atomic E-state index is 11.9. The minimum Gasteiger partial charge on any atom is -0.480 e. The van der Waals surface area contributed by atoms with Gasteiger partial charge in [0.25, 0.3) is 0 Å². The molecule has 0 amide bonds. The van der Waals surface area contributed by atoms with Crippen LogP contribution in [0.3, 0.4) is 0 Å². The number of benzene rings is 1. The number of hydrogen-bond donors (Lipinski definition) is 2. The van der Waals surface area contributed by atoms with E-state index in [0.29, 0.717) is 5.56 Å². The molecule has 0 spiro atoms. The van der Waals surface area contributed by atoms with E-state index in [0.717, 1.165) is 0 Å². The van der Waals surface area contributed by atoms with Crippen LogP contribution >= 0.6 is 0 Å². The van der Waals surface area contributed by atoms with Gasteiger partial charge in [0.15, 0.2) is 9.84 Å². The molecule has 1 fully saturated rings. The molecule has 1 aliphatic carbocycles. The van der Waals surface area contributed by atoms with Crippen molar-refractivity contribution in [1.29, 1.82) is 0 Å². The number of nitrogens with two attached hydrogens (primary N) is 1. The lowest BCUT2D eigenvalue weighted by molar-refractivity contribution is -0.139. The molecule has 1 aliphatic rings. The molecule has 0 saturated heterocycles. The van der Waals surface area contributed by atoms with E-state index in [9.17, 15) is 18.3 Å². The molecule has 3 atom stereocenters. The van der Waals surface area contributed by atoms with Gasteiger partial charge in [-0.05, 0) is 5.56 Å². The molecule has 0 heterocycles. The summed E-state index contributed by atoms with van der Waals surface area (Å²) < 4.78 is 23.8. The maximum Gasteiger partial charge on any atom is 0.325 e. The third-order valence-corrected chi connectivity index (χ3v) is 5.74. The van der Waals surface area contributed by atoms with E-state index < -0.39 is 32.5 Å². The molecule has 0 radical (unpaired) electrons. The molecule has 3 N–H and O–H groups in total. The highest BCUT2D eigenvalue weighted by molar-refractivity contribution is 7.92. The van der Waals surface area contributed by atoms with Crippen LogP contribution in [0, 0.1) is 0 Å². The van der Waals surface area contributed by atoms with Gasteiger partial charge >= 0.3 is 5.97 Å². The first-order valence-electron chi connectivity index (χ1n) is 5.64. The van der Waals surface area contributed by atoms with Crippen LogP contribution < -0.4 is 5.73 Å². The second-order valence-electron chi connectivity index (χ2n) is 4.50. The van der Waals surface area contributed by atoms with Crippen molar-refractivity contribution in [2.24, 2.45) is 5.73 Å². The lowest BCUT2D eigenvalue weighted by atomic mass is 10.1. The van der Waals surface area contributed by atoms with E-state index in [2.05, 4.69) is 0 Å². The number of aliphatic carboxylic acids is 1. The van der Waals surface area contributed by atoms with Gasteiger partial charge in [0.2, 0.25) is 0 Å². The van der Waals surface area contributed by atoms with Crippen molar-refractivity contribution in [3.63, 3.8) is 0 Å². The molecule has 0 unspecified atom stereocenters. The van der Waals surface area contributed by atoms with Crippen LogP contribution in [0.15, 0.2) is 30.3 Å². The SMILES string of the molecule is CCS(=O)(=O)[C@@H]1[C@H](c2ccccc2)[C@@]1(N)C(=O)O. The Labute approximate surface area is 106 Å². The van der Waals surface area contributed by atoms with Gasteiger partial charge in [-0.1, -0.05) is 37.3 Å². The Morgan fingerprint density at radius 1 is 1.39 bits per heavy atom. The smallest absolute Gasteiger partial charge is 0.325 e. The number of carboxylic acid groups (broad SMARTS) is 1. The molecule has 5 nitrogen and oxygen atoms in total. The number of carbonyl (C=O) groups is 1. The van der Waals surface area contributed by atoms with Crippen molar-refractivity contribution in [3.05, 3.63) is 35.9 Å². The third kappa shape index (κ3) is 1.72. The average molecular weight is 269 g/mol. The van der Waals surface area contributed by atoms with Gasteiger partial charge in [-0.2, -0.15) is 0 Å². The zero-order chi connectivity index (χ0) is 13.6. The molecule has 1 aromatic carbocycles. The van der Waals surface area contributed by atoms with Crippen LogP contribution in [0.1, 0.15) is 18.4 Å². The molecule has 18 heavy (non-hydrogen) atoms. The highest BCUT2D eigenvalue weighted by atomic mass is 32.2. The van der Waals surface area contributed by atoms with E-state index in [1.165, 1.54) is 6.92 Å². The normalized spacial score (nSPS) is 31.0. The minimum atomic E-state index is -3.48. The summed E-state index contributed by atoms with van der Waals surface area (Å²) in [6.45, 7) is 1.50. The lowest BCUT2D eigenvalue weighted by Gasteiger charge is -2.04. The summed E-state index contributed by atoms with van der Waals surface area (Å²) in [6, 6.07) is 8.69. The van der Waals surface area contributed by atoms with Gasteiger partial charge in [-0.3, -0.25) is 4.79 Å². The Morgan fingerprint density at radius 3 is 2.39 bits per heavy atom. The molecule has 98 valence electrons. The minimum absolute atomic E-state index is 0.104. The van der Waals surface area contributed by atoms with E-state index in [4.69, 9.17) is 5.73 Å². The Balaban J connectivity index is 2.46. The van der Waals surface area contributed by atoms with Crippen molar-refractivity contribution in [2.45, 2.75) is 23.6 Å². The van der Waals surface area contributed by atoms with Crippen molar-refractivity contribution >= 4 is 15.8 Å². The van der Waals surface area contributed by atoms with Crippen molar-refractivity contribution in [3.8, 4) is 0 Å². The zero-order valence-electron chi connectivity index (χ0n) is 9.91.